The molecule has 1 aliphatic heterocycles. The summed E-state index contributed by atoms with van der Waals surface area (Å²) in [6.07, 6.45) is 5.02. The van der Waals surface area contributed by atoms with Gasteiger partial charge in [-0.3, -0.25) is 9.59 Å². The molecule has 4 nitrogen and oxygen atoms in total. The lowest BCUT2D eigenvalue weighted by Crippen LogP contribution is -2.71. The molecule has 0 aromatic carbocycles. The van der Waals surface area contributed by atoms with Crippen molar-refractivity contribution in [2.45, 2.75) is 71.4 Å². The van der Waals surface area contributed by atoms with Crippen LogP contribution in [0.5, 0.6) is 0 Å². The molecular weight excluding hydrogens is 252 g/mol. The summed E-state index contributed by atoms with van der Waals surface area (Å²) in [6.45, 7) is 8.88. The Labute approximate surface area is 122 Å². The monoisotopic (exact) mass is 280 g/mol. The van der Waals surface area contributed by atoms with Crippen LogP contribution in [0, 0.1) is 11.8 Å². The molecule has 114 valence electrons. The Morgan fingerprint density at radius 1 is 1.35 bits per heavy atom. The molecule has 1 aliphatic carbocycles. The second kappa shape index (κ2) is 5.74. The Hall–Kier alpha value is -1.06. The number of nitrogens with one attached hydrogen (secondary N) is 1. The molecule has 1 N–H and O–H groups in total. The van der Waals surface area contributed by atoms with E-state index in [0.29, 0.717) is 12.5 Å². The molecule has 1 saturated heterocycles. The molecule has 1 saturated carbocycles. The van der Waals surface area contributed by atoms with E-state index in [1.165, 1.54) is 0 Å². The summed E-state index contributed by atoms with van der Waals surface area (Å²) < 4.78 is 0. The number of piperazine rings is 1. The van der Waals surface area contributed by atoms with Crippen molar-refractivity contribution >= 4 is 11.8 Å². The second-order valence-electron chi connectivity index (χ2n) is 6.65. The van der Waals surface area contributed by atoms with Gasteiger partial charge < -0.3 is 10.2 Å². The molecule has 2 aliphatic rings. The number of amides is 2. The van der Waals surface area contributed by atoms with Crippen LogP contribution in [-0.2, 0) is 9.59 Å². The second-order valence-corrected chi connectivity index (χ2v) is 6.65. The van der Waals surface area contributed by atoms with Crippen molar-refractivity contribution in [3.8, 4) is 0 Å². The molecule has 2 amide bonds. The minimum Gasteiger partial charge on any atom is -0.340 e. The van der Waals surface area contributed by atoms with Crippen molar-refractivity contribution in [2.75, 3.05) is 6.54 Å². The number of hydrogen-bond donors (Lipinski definition) is 1. The lowest BCUT2D eigenvalue weighted by atomic mass is 9.85. The van der Waals surface area contributed by atoms with E-state index in [0.717, 1.165) is 32.1 Å². The highest BCUT2D eigenvalue weighted by Crippen LogP contribution is 2.42. The fourth-order valence-corrected chi connectivity index (χ4v) is 3.24. The van der Waals surface area contributed by atoms with Gasteiger partial charge in [-0.15, -0.1) is 0 Å². The predicted molar refractivity (Wildman–Crippen MR) is 79.1 cm³/mol. The standard InChI is InChI=1S/C16H28N2O2/c1-5-7-10-18-13(11(3)6-2)14(19)17-16(4,15(18)20)12-8-9-12/h11-13H,5-10H2,1-4H3,(H,17,19). The van der Waals surface area contributed by atoms with Crippen LogP contribution in [0.3, 0.4) is 0 Å². The van der Waals surface area contributed by atoms with Crippen LogP contribution in [0.4, 0.5) is 0 Å². The van der Waals surface area contributed by atoms with Crippen molar-refractivity contribution in [1.82, 2.24) is 10.2 Å². The van der Waals surface area contributed by atoms with Gasteiger partial charge >= 0.3 is 0 Å². The topological polar surface area (TPSA) is 49.4 Å². The van der Waals surface area contributed by atoms with Gasteiger partial charge in [-0.2, -0.15) is 0 Å². The van der Waals surface area contributed by atoms with Crippen molar-refractivity contribution in [3.05, 3.63) is 0 Å². The van der Waals surface area contributed by atoms with Crippen molar-refractivity contribution < 1.29 is 9.59 Å². The molecule has 0 bridgehead atoms. The molecule has 2 rings (SSSR count). The zero-order valence-electron chi connectivity index (χ0n) is 13.2. The Morgan fingerprint density at radius 2 is 2.00 bits per heavy atom. The number of hydrogen-bond acceptors (Lipinski definition) is 2. The van der Waals surface area contributed by atoms with Gasteiger partial charge in [-0.05, 0) is 38.0 Å². The van der Waals surface area contributed by atoms with Crippen LogP contribution < -0.4 is 5.32 Å². The van der Waals surface area contributed by atoms with Gasteiger partial charge in [-0.25, -0.2) is 0 Å². The predicted octanol–water partition coefficient (Wildman–Crippen LogP) is 2.33. The lowest BCUT2D eigenvalue weighted by Gasteiger charge is -2.46. The number of nitrogens with zero attached hydrogens (tertiary/aromatic N) is 1. The average Bonchev–Trinajstić information content (AvgIpc) is 3.25. The third kappa shape index (κ3) is 2.57. The molecule has 1 heterocycles. The third-order valence-corrected chi connectivity index (χ3v) is 5.02. The molecule has 0 aromatic heterocycles. The fourth-order valence-electron chi connectivity index (χ4n) is 3.24. The van der Waals surface area contributed by atoms with Crippen molar-refractivity contribution in [3.63, 3.8) is 0 Å². The van der Waals surface area contributed by atoms with E-state index in [1.807, 2.05) is 11.8 Å². The summed E-state index contributed by atoms with van der Waals surface area (Å²) in [6, 6.07) is -0.286. The minimum absolute atomic E-state index is 0.0458. The average molecular weight is 280 g/mol. The van der Waals surface area contributed by atoms with Crippen molar-refractivity contribution in [2.24, 2.45) is 11.8 Å². The van der Waals surface area contributed by atoms with E-state index in [-0.39, 0.29) is 23.8 Å². The summed E-state index contributed by atoms with van der Waals surface area (Å²) >= 11 is 0. The molecule has 20 heavy (non-hydrogen) atoms. The maximum atomic E-state index is 12.9. The lowest BCUT2D eigenvalue weighted by molar-refractivity contribution is -0.157. The Kier molecular flexibility index (Phi) is 4.40. The highest BCUT2D eigenvalue weighted by Gasteiger charge is 2.55. The van der Waals surface area contributed by atoms with Gasteiger partial charge in [0.05, 0.1) is 0 Å². The molecule has 0 radical (unpaired) electrons. The molecule has 4 heteroatoms. The Balaban J connectivity index is 2.25. The van der Waals surface area contributed by atoms with Crippen molar-refractivity contribution in [1.29, 1.82) is 0 Å². The smallest absolute Gasteiger partial charge is 0.249 e. The van der Waals surface area contributed by atoms with Gasteiger partial charge in [0, 0.05) is 6.54 Å². The summed E-state index contributed by atoms with van der Waals surface area (Å²) in [7, 11) is 0. The van der Waals surface area contributed by atoms with E-state index in [4.69, 9.17) is 0 Å². The minimum atomic E-state index is -0.658. The maximum absolute atomic E-state index is 12.9. The molecule has 0 spiro atoms. The first-order valence-corrected chi connectivity index (χ1v) is 8.08. The number of unbranched alkanes of at least 4 members (excludes halogenated alkanes) is 1. The summed E-state index contributed by atoms with van der Waals surface area (Å²) in [5.74, 6) is 0.725. The quantitative estimate of drug-likeness (QED) is 0.812. The highest BCUT2D eigenvalue weighted by molar-refractivity contribution is 6.00. The molecule has 3 unspecified atom stereocenters. The zero-order chi connectivity index (χ0) is 14.9. The van der Waals surface area contributed by atoms with Crippen LogP contribution in [0.15, 0.2) is 0 Å². The van der Waals surface area contributed by atoms with Crippen LogP contribution in [-0.4, -0.2) is 34.8 Å². The molecule has 3 atom stereocenters. The summed E-state index contributed by atoms with van der Waals surface area (Å²) in [5.41, 5.74) is -0.658. The fraction of sp³-hybridized carbons (Fsp3) is 0.875. The van der Waals surface area contributed by atoms with Gasteiger partial charge in [-0.1, -0.05) is 33.6 Å². The third-order valence-electron chi connectivity index (χ3n) is 5.02. The summed E-state index contributed by atoms with van der Waals surface area (Å²) in [4.78, 5) is 27.3. The SMILES string of the molecule is CCCCN1C(=O)C(C)(C2CC2)NC(=O)C1C(C)CC. The van der Waals surface area contributed by atoms with E-state index in [1.54, 1.807) is 0 Å². The van der Waals surface area contributed by atoms with E-state index in [2.05, 4.69) is 26.1 Å². The van der Waals surface area contributed by atoms with Crippen LogP contribution in [0.25, 0.3) is 0 Å². The zero-order valence-corrected chi connectivity index (χ0v) is 13.2. The molecule has 2 fully saturated rings. The number of carbonyl (C=O) groups excluding carboxylic acids is 2. The van der Waals surface area contributed by atoms with E-state index < -0.39 is 5.54 Å². The van der Waals surface area contributed by atoms with Gasteiger partial charge in [0.25, 0.3) is 0 Å². The Morgan fingerprint density at radius 3 is 2.50 bits per heavy atom. The van der Waals surface area contributed by atoms with Crippen LogP contribution >= 0.6 is 0 Å². The van der Waals surface area contributed by atoms with Crippen LogP contribution in [0.1, 0.15) is 59.8 Å². The first kappa shape index (κ1) is 15.3. The van der Waals surface area contributed by atoms with Crippen LogP contribution in [0.2, 0.25) is 0 Å². The van der Waals surface area contributed by atoms with Gasteiger partial charge in [0.15, 0.2) is 0 Å². The first-order valence-electron chi connectivity index (χ1n) is 8.08. The van der Waals surface area contributed by atoms with E-state index >= 15 is 0 Å². The van der Waals surface area contributed by atoms with Gasteiger partial charge in [0.1, 0.15) is 11.6 Å². The highest BCUT2D eigenvalue weighted by atomic mass is 16.2. The number of rotatable bonds is 6. The Bertz CT molecular complexity index is 392. The summed E-state index contributed by atoms with van der Waals surface area (Å²) in [5, 5.41) is 3.05. The number of carbonyl (C=O) groups is 2. The van der Waals surface area contributed by atoms with Gasteiger partial charge in [0.2, 0.25) is 11.8 Å². The largest absolute Gasteiger partial charge is 0.340 e. The maximum Gasteiger partial charge on any atom is 0.249 e. The molecular formula is C16H28N2O2. The normalized spacial score (nSPS) is 32.2. The van der Waals surface area contributed by atoms with E-state index in [9.17, 15) is 9.59 Å². The first-order chi connectivity index (χ1) is 9.45. The molecule has 0 aromatic rings.